The molecule has 0 radical (unpaired) electrons. The van der Waals surface area contributed by atoms with Crippen LogP contribution in [0, 0.1) is 5.82 Å². The van der Waals surface area contributed by atoms with Gasteiger partial charge in [0.15, 0.2) is 5.96 Å². The first-order valence-corrected chi connectivity index (χ1v) is 10.5. The van der Waals surface area contributed by atoms with E-state index in [1.165, 1.54) is 23.3 Å². The summed E-state index contributed by atoms with van der Waals surface area (Å²) in [4.78, 5) is 4.32. The Hall–Kier alpha value is -3.21. The molecule has 4 rings (SSSR count). The van der Waals surface area contributed by atoms with E-state index in [1.807, 2.05) is 41.3 Å². The van der Waals surface area contributed by atoms with Crippen LogP contribution in [0.5, 0.6) is 0 Å². The molecule has 0 amide bonds. The molecule has 2 aromatic heterocycles. The van der Waals surface area contributed by atoms with Crippen LogP contribution in [-0.4, -0.2) is 39.1 Å². The van der Waals surface area contributed by atoms with Crippen molar-refractivity contribution in [3.63, 3.8) is 0 Å². The number of aliphatic imine (C=N–C) groups is 1. The second kappa shape index (κ2) is 12.1. The van der Waals surface area contributed by atoms with Gasteiger partial charge in [-0.25, -0.2) is 9.07 Å². The maximum atomic E-state index is 13.1. The topological polar surface area (TPSA) is 72.1 Å². The number of benzene rings is 2. The molecule has 0 saturated carbocycles. The quantitative estimate of drug-likeness (QED) is 0.196. The molecular formula is C24H27FIN7. The van der Waals surface area contributed by atoms with Gasteiger partial charge in [-0.2, -0.15) is 10.2 Å². The van der Waals surface area contributed by atoms with Gasteiger partial charge in [0.2, 0.25) is 0 Å². The molecule has 0 aliphatic rings. The lowest BCUT2D eigenvalue weighted by Crippen LogP contribution is -2.38. The molecular weight excluding hydrogens is 532 g/mol. The van der Waals surface area contributed by atoms with E-state index in [2.05, 4.69) is 38.0 Å². The maximum Gasteiger partial charge on any atom is 0.191 e. The van der Waals surface area contributed by atoms with Crippen LogP contribution in [0.3, 0.4) is 0 Å². The number of halogens is 2. The number of hydrogen-bond donors (Lipinski definition) is 2. The van der Waals surface area contributed by atoms with Crippen LogP contribution in [0.4, 0.5) is 4.39 Å². The van der Waals surface area contributed by atoms with Gasteiger partial charge >= 0.3 is 0 Å². The van der Waals surface area contributed by atoms with Crippen LogP contribution in [0.2, 0.25) is 0 Å². The summed E-state index contributed by atoms with van der Waals surface area (Å²) in [7, 11) is 1.76. The van der Waals surface area contributed by atoms with Crippen molar-refractivity contribution in [2.75, 3.05) is 13.6 Å². The van der Waals surface area contributed by atoms with Gasteiger partial charge in [-0.15, -0.1) is 24.0 Å². The summed E-state index contributed by atoms with van der Waals surface area (Å²) < 4.78 is 16.8. The fourth-order valence-corrected chi connectivity index (χ4v) is 3.39. The van der Waals surface area contributed by atoms with Crippen molar-refractivity contribution >= 4 is 29.9 Å². The van der Waals surface area contributed by atoms with Crippen LogP contribution in [0.25, 0.3) is 5.69 Å². The minimum Gasteiger partial charge on any atom is -0.356 e. The number of aromatic nitrogens is 4. The first kappa shape index (κ1) is 24.4. The van der Waals surface area contributed by atoms with Crippen molar-refractivity contribution in [2.45, 2.75) is 19.5 Å². The van der Waals surface area contributed by atoms with E-state index in [4.69, 9.17) is 0 Å². The molecule has 0 aliphatic carbocycles. The molecule has 0 bridgehead atoms. The largest absolute Gasteiger partial charge is 0.356 e. The first-order chi connectivity index (χ1) is 15.7. The highest BCUT2D eigenvalue weighted by Crippen LogP contribution is 2.11. The molecule has 0 fully saturated rings. The molecule has 172 valence electrons. The van der Waals surface area contributed by atoms with E-state index in [-0.39, 0.29) is 29.8 Å². The van der Waals surface area contributed by atoms with E-state index >= 15 is 0 Å². The summed E-state index contributed by atoms with van der Waals surface area (Å²) in [6.07, 6.45) is 6.37. The molecule has 7 nitrogen and oxygen atoms in total. The van der Waals surface area contributed by atoms with Gasteiger partial charge in [-0.1, -0.05) is 24.3 Å². The highest BCUT2D eigenvalue weighted by atomic mass is 127. The molecule has 0 spiro atoms. The molecule has 2 aromatic carbocycles. The second-order valence-corrected chi connectivity index (χ2v) is 7.30. The second-order valence-electron chi connectivity index (χ2n) is 7.30. The minimum absolute atomic E-state index is 0. The Bertz CT molecular complexity index is 1150. The average Bonchev–Trinajstić information content (AvgIpc) is 3.50. The zero-order valence-electron chi connectivity index (χ0n) is 18.4. The Morgan fingerprint density at radius 3 is 2.48 bits per heavy atom. The third-order valence-electron chi connectivity index (χ3n) is 5.09. The normalized spacial score (nSPS) is 11.2. The van der Waals surface area contributed by atoms with Crippen LogP contribution in [0.15, 0.2) is 84.2 Å². The lowest BCUT2D eigenvalue weighted by molar-refractivity contribution is 0.627. The number of hydrogen-bond acceptors (Lipinski definition) is 3. The molecule has 0 aliphatic heterocycles. The Balaban J connectivity index is 0.00000306. The number of nitrogens with zero attached hydrogens (tertiary/aromatic N) is 5. The highest BCUT2D eigenvalue weighted by Gasteiger charge is 2.06. The molecule has 0 unspecified atom stereocenters. The number of guanidine groups is 1. The van der Waals surface area contributed by atoms with E-state index in [9.17, 15) is 4.39 Å². The van der Waals surface area contributed by atoms with Gasteiger partial charge in [-0.3, -0.25) is 9.67 Å². The minimum atomic E-state index is -0.256. The van der Waals surface area contributed by atoms with Gasteiger partial charge < -0.3 is 10.6 Å². The van der Waals surface area contributed by atoms with Crippen molar-refractivity contribution in [3.05, 3.63) is 102 Å². The van der Waals surface area contributed by atoms with E-state index in [0.29, 0.717) is 13.1 Å². The van der Waals surface area contributed by atoms with E-state index in [1.54, 1.807) is 30.1 Å². The smallest absolute Gasteiger partial charge is 0.191 e. The van der Waals surface area contributed by atoms with Crippen molar-refractivity contribution in [3.8, 4) is 5.69 Å². The molecule has 2 heterocycles. The third-order valence-corrected chi connectivity index (χ3v) is 5.09. The monoisotopic (exact) mass is 559 g/mol. The molecule has 33 heavy (non-hydrogen) atoms. The summed E-state index contributed by atoms with van der Waals surface area (Å²) >= 11 is 0. The van der Waals surface area contributed by atoms with Gasteiger partial charge in [0.05, 0.1) is 17.9 Å². The predicted molar refractivity (Wildman–Crippen MR) is 139 cm³/mol. The maximum absolute atomic E-state index is 13.1. The summed E-state index contributed by atoms with van der Waals surface area (Å²) in [5, 5.41) is 15.6. The zero-order chi connectivity index (χ0) is 22.2. The van der Waals surface area contributed by atoms with Crippen molar-refractivity contribution in [2.24, 2.45) is 4.99 Å². The van der Waals surface area contributed by atoms with Gasteiger partial charge in [0.25, 0.3) is 0 Å². The van der Waals surface area contributed by atoms with Crippen LogP contribution in [0.1, 0.15) is 16.8 Å². The molecule has 2 N–H and O–H groups in total. The summed E-state index contributed by atoms with van der Waals surface area (Å²) in [6.45, 7) is 2.08. The van der Waals surface area contributed by atoms with Crippen LogP contribution >= 0.6 is 24.0 Å². The molecule has 0 saturated heterocycles. The fraction of sp³-hybridized carbons (Fsp3) is 0.208. The third kappa shape index (κ3) is 6.88. The standard InChI is InChI=1S/C24H26FN7.HI/c1-26-24(28-17-19-5-2-3-6-20(19)18-31-15-4-13-29-31)27-14-11-22-12-16-32(30-22)23-9-7-21(25)8-10-23;/h2-10,12-13,15-16H,11,14,17-18H2,1H3,(H2,26,27,28);1H. The predicted octanol–water partition coefficient (Wildman–Crippen LogP) is 3.78. The van der Waals surface area contributed by atoms with Gasteiger partial charge in [0, 0.05) is 45.1 Å². The SMILES string of the molecule is CN=C(NCCc1ccn(-c2ccc(F)cc2)n1)NCc1ccccc1Cn1cccn1.I. The van der Waals surface area contributed by atoms with Crippen molar-refractivity contribution < 1.29 is 4.39 Å². The van der Waals surface area contributed by atoms with Crippen molar-refractivity contribution in [1.29, 1.82) is 0 Å². The fourth-order valence-electron chi connectivity index (χ4n) is 3.39. The lowest BCUT2D eigenvalue weighted by Gasteiger charge is -2.14. The highest BCUT2D eigenvalue weighted by molar-refractivity contribution is 14.0. The average molecular weight is 559 g/mol. The summed E-state index contributed by atoms with van der Waals surface area (Å²) in [5.74, 6) is 0.477. The Kier molecular flexibility index (Phi) is 8.99. The zero-order valence-corrected chi connectivity index (χ0v) is 20.7. The Morgan fingerprint density at radius 1 is 0.970 bits per heavy atom. The first-order valence-electron chi connectivity index (χ1n) is 10.5. The van der Waals surface area contributed by atoms with E-state index in [0.717, 1.165) is 30.3 Å². The Morgan fingerprint density at radius 2 is 1.76 bits per heavy atom. The number of rotatable bonds is 8. The van der Waals surface area contributed by atoms with Crippen LogP contribution < -0.4 is 10.6 Å². The molecule has 4 aromatic rings. The van der Waals surface area contributed by atoms with Gasteiger partial charge in [0.1, 0.15) is 5.82 Å². The van der Waals surface area contributed by atoms with Gasteiger partial charge in [-0.05, 0) is 47.5 Å². The van der Waals surface area contributed by atoms with E-state index < -0.39 is 0 Å². The van der Waals surface area contributed by atoms with Crippen LogP contribution in [-0.2, 0) is 19.5 Å². The summed E-state index contributed by atoms with van der Waals surface area (Å²) in [5.41, 5.74) is 4.19. The molecule has 9 heteroatoms. The number of nitrogens with one attached hydrogen (secondary N) is 2. The molecule has 0 atom stereocenters. The lowest BCUT2D eigenvalue weighted by atomic mass is 10.1. The van der Waals surface area contributed by atoms with Crippen molar-refractivity contribution in [1.82, 2.24) is 30.2 Å². The Labute approximate surface area is 209 Å². The summed E-state index contributed by atoms with van der Waals surface area (Å²) in [6, 6.07) is 18.5.